The molecule has 0 atom stereocenters. The van der Waals surface area contributed by atoms with Gasteiger partial charge in [0, 0.05) is 12.4 Å². The Morgan fingerprint density at radius 2 is 2.36 bits per heavy atom. The third kappa shape index (κ3) is 1.48. The Morgan fingerprint density at radius 3 is 2.93 bits per heavy atom. The van der Waals surface area contributed by atoms with Gasteiger partial charge in [-0.2, -0.15) is 5.10 Å². The largest absolute Gasteiger partial charge is 0.442 e. The van der Waals surface area contributed by atoms with Crippen LogP contribution >= 0.6 is 15.9 Å². The molecule has 0 saturated heterocycles. The van der Waals surface area contributed by atoms with Crippen molar-refractivity contribution in [2.24, 2.45) is 7.05 Å². The van der Waals surface area contributed by atoms with Crippen molar-refractivity contribution in [2.45, 2.75) is 12.3 Å². The maximum absolute atomic E-state index is 5.33. The summed E-state index contributed by atoms with van der Waals surface area (Å²) >= 11 is 3.36. The van der Waals surface area contributed by atoms with Gasteiger partial charge in [0.1, 0.15) is 5.69 Å². The van der Waals surface area contributed by atoms with Crippen molar-refractivity contribution >= 4 is 15.9 Å². The first-order chi connectivity index (χ1) is 6.72. The monoisotopic (exact) mass is 255 g/mol. The molecule has 2 rings (SSSR count). The summed E-state index contributed by atoms with van der Waals surface area (Å²) in [6, 6.07) is 1.98. The van der Waals surface area contributed by atoms with E-state index < -0.39 is 0 Å². The van der Waals surface area contributed by atoms with Gasteiger partial charge in [-0.1, -0.05) is 15.9 Å². The molecule has 0 N–H and O–H groups in total. The molecular formula is C9H10BrN3O. The minimum Gasteiger partial charge on any atom is -0.442 e. The van der Waals surface area contributed by atoms with Gasteiger partial charge in [-0.15, -0.1) is 0 Å². The van der Waals surface area contributed by atoms with E-state index in [0.717, 1.165) is 22.8 Å². The quantitative estimate of drug-likeness (QED) is 0.774. The summed E-state index contributed by atoms with van der Waals surface area (Å²) in [5, 5.41) is 4.94. The number of hydrogen-bond donors (Lipinski definition) is 0. The number of alkyl halides is 1. The number of halogens is 1. The molecule has 0 unspecified atom stereocenters. The number of nitrogens with zero attached hydrogens (tertiary/aromatic N) is 3. The summed E-state index contributed by atoms with van der Waals surface area (Å²) in [5.41, 5.74) is 2.82. The van der Waals surface area contributed by atoms with Gasteiger partial charge in [-0.25, -0.2) is 4.98 Å². The molecule has 0 aliphatic carbocycles. The number of rotatable bonds is 2. The minimum absolute atomic E-state index is 0.684. The summed E-state index contributed by atoms with van der Waals surface area (Å²) in [6.45, 7) is 1.95. The molecule has 0 amide bonds. The van der Waals surface area contributed by atoms with Crippen molar-refractivity contribution in [3.8, 4) is 11.5 Å². The standard InChI is InChI=1S/C9H10BrN3O/c1-6-3-8(13(2)12-6)9-7(4-10)11-5-14-9/h3,5H,4H2,1-2H3. The number of aromatic nitrogens is 3. The van der Waals surface area contributed by atoms with Crippen LogP contribution in [0, 0.1) is 6.92 Å². The molecule has 74 valence electrons. The van der Waals surface area contributed by atoms with E-state index in [4.69, 9.17) is 4.42 Å². The Bertz CT molecular complexity index is 447. The highest BCUT2D eigenvalue weighted by Gasteiger charge is 2.13. The molecule has 2 heterocycles. The lowest BCUT2D eigenvalue weighted by Crippen LogP contribution is -1.94. The molecule has 0 fully saturated rings. The SMILES string of the molecule is Cc1cc(-c2ocnc2CBr)n(C)n1. The fraction of sp³-hybridized carbons (Fsp3) is 0.333. The lowest BCUT2D eigenvalue weighted by atomic mass is 10.2. The number of oxazole rings is 1. The van der Waals surface area contributed by atoms with Crippen molar-refractivity contribution in [3.05, 3.63) is 23.8 Å². The molecule has 5 heteroatoms. The Balaban J connectivity index is 2.53. The summed E-state index contributed by atoms with van der Waals surface area (Å²) in [7, 11) is 1.89. The molecule has 0 aromatic carbocycles. The Labute approximate surface area is 90.1 Å². The first-order valence-corrected chi connectivity index (χ1v) is 5.34. The second kappa shape index (κ2) is 3.57. The second-order valence-corrected chi connectivity index (χ2v) is 3.62. The third-order valence-corrected chi connectivity index (χ3v) is 2.53. The van der Waals surface area contributed by atoms with Gasteiger partial charge in [-0.3, -0.25) is 4.68 Å². The van der Waals surface area contributed by atoms with E-state index in [2.05, 4.69) is 26.0 Å². The molecular weight excluding hydrogens is 246 g/mol. The van der Waals surface area contributed by atoms with Crippen molar-refractivity contribution in [2.75, 3.05) is 0 Å². The summed E-state index contributed by atoms with van der Waals surface area (Å²) in [6.07, 6.45) is 1.45. The Hall–Kier alpha value is -1.10. The van der Waals surface area contributed by atoms with E-state index in [1.165, 1.54) is 6.39 Å². The normalized spacial score (nSPS) is 10.8. The molecule has 0 bridgehead atoms. The van der Waals surface area contributed by atoms with E-state index in [9.17, 15) is 0 Å². The smallest absolute Gasteiger partial charge is 0.181 e. The molecule has 0 spiro atoms. The topological polar surface area (TPSA) is 43.9 Å². The number of aryl methyl sites for hydroxylation is 2. The van der Waals surface area contributed by atoms with E-state index in [0.29, 0.717) is 5.33 Å². The third-order valence-electron chi connectivity index (χ3n) is 2.00. The Morgan fingerprint density at radius 1 is 1.57 bits per heavy atom. The molecule has 4 nitrogen and oxygen atoms in total. The fourth-order valence-electron chi connectivity index (χ4n) is 1.40. The zero-order chi connectivity index (χ0) is 10.1. The van der Waals surface area contributed by atoms with E-state index in [1.807, 2.05) is 20.0 Å². The highest BCUT2D eigenvalue weighted by atomic mass is 79.9. The van der Waals surface area contributed by atoms with Crippen LogP contribution in [0.1, 0.15) is 11.4 Å². The van der Waals surface area contributed by atoms with Crippen LogP contribution in [0.15, 0.2) is 16.9 Å². The maximum Gasteiger partial charge on any atom is 0.181 e. The van der Waals surface area contributed by atoms with Crippen LogP contribution in [-0.2, 0) is 12.4 Å². The van der Waals surface area contributed by atoms with Crippen LogP contribution in [-0.4, -0.2) is 14.8 Å². The summed E-state index contributed by atoms with van der Waals surface area (Å²) in [4.78, 5) is 4.11. The second-order valence-electron chi connectivity index (χ2n) is 3.06. The van der Waals surface area contributed by atoms with Gasteiger partial charge in [0.2, 0.25) is 0 Å². The first kappa shape index (κ1) is 9.45. The molecule has 2 aromatic heterocycles. The van der Waals surface area contributed by atoms with Crippen molar-refractivity contribution in [1.29, 1.82) is 0 Å². The molecule has 0 radical (unpaired) electrons. The van der Waals surface area contributed by atoms with Crippen molar-refractivity contribution in [1.82, 2.24) is 14.8 Å². The van der Waals surface area contributed by atoms with Gasteiger partial charge in [0.15, 0.2) is 12.2 Å². The van der Waals surface area contributed by atoms with Crippen LogP contribution < -0.4 is 0 Å². The van der Waals surface area contributed by atoms with Gasteiger partial charge in [-0.05, 0) is 13.0 Å². The molecule has 2 aromatic rings. The summed E-state index contributed by atoms with van der Waals surface area (Å²) < 4.78 is 7.13. The van der Waals surface area contributed by atoms with Crippen LogP contribution in [0.2, 0.25) is 0 Å². The van der Waals surface area contributed by atoms with Crippen LogP contribution in [0.25, 0.3) is 11.5 Å². The average Bonchev–Trinajstić information content (AvgIpc) is 2.71. The van der Waals surface area contributed by atoms with Crippen LogP contribution in [0.3, 0.4) is 0 Å². The molecule has 0 aliphatic rings. The van der Waals surface area contributed by atoms with E-state index in [1.54, 1.807) is 4.68 Å². The fourth-order valence-corrected chi connectivity index (χ4v) is 1.80. The first-order valence-electron chi connectivity index (χ1n) is 4.21. The number of hydrogen-bond acceptors (Lipinski definition) is 3. The molecule has 14 heavy (non-hydrogen) atoms. The predicted molar refractivity (Wildman–Crippen MR) is 56.1 cm³/mol. The van der Waals surface area contributed by atoms with Crippen LogP contribution in [0.4, 0.5) is 0 Å². The maximum atomic E-state index is 5.33. The van der Waals surface area contributed by atoms with Crippen molar-refractivity contribution in [3.63, 3.8) is 0 Å². The molecule has 0 aliphatic heterocycles. The van der Waals surface area contributed by atoms with E-state index in [-0.39, 0.29) is 0 Å². The minimum atomic E-state index is 0.684. The van der Waals surface area contributed by atoms with E-state index >= 15 is 0 Å². The zero-order valence-corrected chi connectivity index (χ0v) is 9.58. The predicted octanol–water partition coefficient (Wildman–Crippen LogP) is 2.28. The zero-order valence-electron chi connectivity index (χ0n) is 7.99. The van der Waals surface area contributed by atoms with Gasteiger partial charge in [0.25, 0.3) is 0 Å². The summed E-state index contributed by atoms with van der Waals surface area (Å²) in [5.74, 6) is 0.782. The van der Waals surface area contributed by atoms with Crippen LogP contribution in [0.5, 0.6) is 0 Å². The average molecular weight is 256 g/mol. The van der Waals surface area contributed by atoms with Gasteiger partial charge in [0.05, 0.1) is 11.4 Å². The lowest BCUT2D eigenvalue weighted by Gasteiger charge is -1.97. The highest BCUT2D eigenvalue weighted by molar-refractivity contribution is 9.08. The molecule has 0 saturated carbocycles. The lowest BCUT2D eigenvalue weighted by molar-refractivity contribution is 0.563. The highest BCUT2D eigenvalue weighted by Crippen LogP contribution is 2.24. The van der Waals surface area contributed by atoms with Crippen molar-refractivity contribution < 1.29 is 4.42 Å². The van der Waals surface area contributed by atoms with Gasteiger partial charge >= 0.3 is 0 Å². The van der Waals surface area contributed by atoms with Gasteiger partial charge < -0.3 is 4.42 Å². The Kier molecular flexibility index (Phi) is 2.41.